The lowest BCUT2D eigenvalue weighted by Crippen LogP contribution is -2.14. The van der Waals surface area contributed by atoms with Crippen LogP contribution in [-0.4, -0.2) is 10.9 Å². The first-order chi connectivity index (χ1) is 11.5. The van der Waals surface area contributed by atoms with Gasteiger partial charge in [-0.2, -0.15) is 0 Å². The maximum absolute atomic E-state index is 13.8. The number of aromatic nitrogens is 1. The van der Waals surface area contributed by atoms with Gasteiger partial charge in [-0.1, -0.05) is 23.7 Å². The van der Waals surface area contributed by atoms with E-state index in [2.05, 4.69) is 10.3 Å². The molecule has 0 aliphatic carbocycles. The van der Waals surface area contributed by atoms with Crippen molar-refractivity contribution in [3.05, 3.63) is 69.9 Å². The highest BCUT2D eigenvalue weighted by Gasteiger charge is 2.11. The summed E-state index contributed by atoms with van der Waals surface area (Å²) in [5.74, 6) is -0.850. The lowest BCUT2D eigenvalue weighted by Gasteiger charge is -2.09. The van der Waals surface area contributed by atoms with Crippen molar-refractivity contribution < 1.29 is 9.18 Å². The second kappa shape index (κ2) is 6.98. The maximum atomic E-state index is 13.8. The number of hydrogen-bond donors (Lipinski definition) is 2. The molecule has 0 aliphatic heterocycles. The maximum Gasteiger partial charge on any atom is 0.250 e. The van der Waals surface area contributed by atoms with Crippen molar-refractivity contribution in [3.8, 4) is 10.6 Å². The van der Waals surface area contributed by atoms with E-state index in [0.717, 1.165) is 5.69 Å². The highest BCUT2D eigenvalue weighted by atomic mass is 35.5. The Morgan fingerprint density at radius 2 is 2.08 bits per heavy atom. The van der Waals surface area contributed by atoms with Crippen LogP contribution in [0.3, 0.4) is 0 Å². The number of carbonyl (C=O) groups is 1. The van der Waals surface area contributed by atoms with Crippen LogP contribution >= 0.6 is 22.9 Å². The average Bonchev–Trinajstić information content (AvgIpc) is 3.02. The van der Waals surface area contributed by atoms with Crippen molar-refractivity contribution in [3.63, 3.8) is 0 Å². The SMILES string of the molecule is NC(=O)c1ccc(Cl)cc1NCc1csc(-c2ccccc2F)n1. The fourth-order valence-corrected chi connectivity index (χ4v) is 3.23. The van der Waals surface area contributed by atoms with Gasteiger partial charge in [0.1, 0.15) is 10.8 Å². The van der Waals surface area contributed by atoms with Gasteiger partial charge in [0.25, 0.3) is 5.91 Å². The van der Waals surface area contributed by atoms with Crippen LogP contribution in [0.4, 0.5) is 10.1 Å². The molecule has 122 valence electrons. The molecule has 1 heterocycles. The van der Waals surface area contributed by atoms with Crippen molar-refractivity contribution >= 4 is 34.5 Å². The van der Waals surface area contributed by atoms with Crippen molar-refractivity contribution in [2.45, 2.75) is 6.54 Å². The van der Waals surface area contributed by atoms with Gasteiger partial charge in [-0.05, 0) is 30.3 Å². The van der Waals surface area contributed by atoms with Crippen LogP contribution in [0.5, 0.6) is 0 Å². The molecule has 4 nitrogen and oxygen atoms in total. The Morgan fingerprint density at radius 3 is 2.83 bits per heavy atom. The third-order valence-electron chi connectivity index (χ3n) is 3.36. The van der Waals surface area contributed by atoms with Crippen molar-refractivity contribution in [1.82, 2.24) is 4.98 Å². The van der Waals surface area contributed by atoms with Gasteiger partial charge in [0.15, 0.2) is 0 Å². The summed E-state index contributed by atoms with van der Waals surface area (Å²) < 4.78 is 13.8. The molecular weight excluding hydrogens is 349 g/mol. The van der Waals surface area contributed by atoms with E-state index in [0.29, 0.717) is 33.4 Å². The van der Waals surface area contributed by atoms with Crippen LogP contribution in [0.2, 0.25) is 5.02 Å². The Labute approximate surface area is 147 Å². The Bertz CT molecular complexity index is 897. The number of halogens is 2. The first kappa shape index (κ1) is 16.4. The van der Waals surface area contributed by atoms with E-state index in [1.54, 1.807) is 36.4 Å². The summed E-state index contributed by atoms with van der Waals surface area (Å²) in [6.07, 6.45) is 0. The van der Waals surface area contributed by atoms with Crippen molar-refractivity contribution in [2.75, 3.05) is 5.32 Å². The van der Waals surface area contributed by atoms with Gasteiger partial charge in [0.05, 0.1) is 17.8 Å². The van der Waals surface area contributed by atoms with E-state index in [1.165, 1.54) is 17.4 Å². The Kier molecular flexibility index (Phi) is 4.78. The minimum absolute atomic E-state index is 0.308. The third-order valence-corrected chi connectivity index (χ3v) is 4.52. The summed E-state index contributed by atoms with van der Waals surface area (Å²) in [6.45, 7) is 0.367. The minimum Gasteiger partial charge on any atom is -0.379 e. The van der Waals surface area contributed by atoms with Crippen LogP contribution in [0.25, 0.3) is 10.6 Å². The number of carbonyl (C=O) groups excluding carboxylic acids is 1. The van der Waals surface area contributed by atoms with Crippen LogP contribution in [0.15, 0.2) is 47.8 Å². The molecule has 1 amide bonds. The van der Waals surface area contributed by atoms with Gasteiger partial charge in [-0.15, -0.1) is 11.3 Å². The number of nitrogens with one attached hydrogen (secondary N) is 1. The molecule has 24 heavy (non-hydrogen) atoms. The number of primary amides is 1. The molecular formula is C17H13ClFN3OS. The van der Waals surface area contributed by atoms with E-state index in [1.807, 2.05) is 5.38 Å². The van der Waals surface area contributed by atoms with Crippen molar-refractivity contribution in [2.24, 2.45) is 5.73 Å². The number of benzene rings is 2. The van der Waals surface area contributed by atoms with E-state index >= 15 is 0 Å². The molecule has 3 rings (SSSR count). The minimum atomic E-state index is -0.542. The molecule has 0 fully saturated rings. The Balaban J connectivity index is 1.78. The van der Waals surface area contributed by atoms with Gasteiger partial charge >= 0.3 is 0 Å². The number of hydrogen-bond acceptors (Lipinski definition) is 4. The van der Waals surface area contributed by atoms with E-state index in [4.69, 9.17) is 17.3 Å². The summed E-state index contributed by atoms with van der Waals surface area (Å²) in [7, 11) is 0. The number of thiazole rings is 1. The molecule has 0 atom stereocenters. The van der Waals surface area contributed by atoms with Crippen LogP contribution < -0.4 is 11.1 Å². The summed E-state index contributed by atoms with van der Waals surface area (Å²) in [4.78, 5) is 15.9. The highest BCUT2D eigenvalue weighted by molar-refractivity contribution is 7.13. The predicted octanol–water partition coefficient (Wildman–Crippen LogP) is 4.31. The Morgan fingerprint density at radius 1 is 1.29 bits per heavy atom. The average molecular weight is 362 g/mol. The summed E-state index contributed by atoms with van der Waals surface area (Å²) in [6, 6.07) is 11.3. The molecule has 0 radical (unpaired) electrons. The van der Waals surface area contributed by atoms with E-state index in [9.17, 15) is 9.18 Å². The summed E-state index contributed by atoms with van der Waals surface area (Å²) >= 11 is 7.31. The number of amides is 1. The zero-order valence-corrected chi connectivity index (χ0v) is 14.0. The molecule has 0 unspecified atom stereocenters. The number of nitrogens with zero attached hydrogens (tertiary/aromatic N) is 1. The monoisotopic (exact) mass is 361 g/mol. The molecule has 2 aromatic carbocycles. The zero-order chi connectivity index (χ0) is 17.1. The molecule has 0 saturated carbocycles. The number of nitrogens with two attached hydrogens (primary N) is 1. The van der Waals surface area contributed by atoms with Crippen LogP contribution in [0.1, 0.15) is 16.1 Å². The molecule has 0 saturated heterocycles. The number of rotatable bonds is 5. The van der Waals surface area contributed by atoms with Gasteiger partial charge in [-0.25, -0.2) is 9.37 Å². The molecule has 0 spiro atoms. The van der Waals surface area contributed by atoms with Crippen LogP contribution in [-0.2, 0) is 6.54 Å². The first-order valence-electron chi connectivity index (χ1n) is 7.07. The molecule has 1 aromatic heterocycles. The Hall–Kier alpha value is -2.44. The fraction of sp³-hybridized carbons (Fsp3) is 0.0588. The van der Waals surface area contributed by atoms with Crippen LogP contribution in [0, 0.1) is 5.82 Å². The van der Waals surface area contributed by atoms with Gasteiger partial charge < -0.3 is 11.1 Å². The van der Waals surface area contributed by atoms with Crippen molar-refractivity contribution in [1.29, 1.82) is 0 Å². The molecule has 3 aromatic rings. The summed E-state index contributed by atoms with van der Waals surface area (Å²) in [5, 5.41) is 6.03. The predicted molar refractivity (Wildman–Crippen MR) is 94.8 cm³/mol. The molecule has 0 bridgehead atoms. The van der Waals surface area contributed by atoms with E-state index < -0.39 is 5.91 Å². The largest absolute Gasteiger partial charge is 0.379 e. The molecule has 0 aliphatic rings. The third kappa shape index (κ3) is 3.55. The van der Waals surface area contributed by atoms with Gasteiger partial charge in [0.2, 0.25) is 0 Å². The second-order valence-electron chi connectivity index (χ2n) is 5.03. The molecule has 7 heteroatoms. The fourth-order valence-electron chi connectivity index (χ4n) is 2.21. The standard InChI is InChI=1S/C17H13ClFN3OS/c18-10-5-6-13(16(20)23)15(7-10)21-8-11-9-24-17(22-11)12-3-1-2-4-14(12)19/h1-7,9,21H,8H2,(H2,20,23). The smallest absolute Gasteiger partial charge is 0.250 e. The topological polar surface area (TPSA) is 68.0 Å². The van der Waals surface area contributed by atoms with Gasteiger partial charge in [0, 0.05) is 21.7 Å². The highest BCUT2D eigenvalue weighted by Crippen LogP contribution is 2.27. The lowest BCUT2D eigenvalue weighted by molar-refractivity contribution is 0.100. The normalized spacial score (nSPS) is 10.6. The zero-order valence-electron chi connectivity index (χ0n) is 12.4. The lowest BCUT2D eigenvalue weighted by atomic mass is 10.1. The number of anilines is 1. The summed E-state index contributed by atoms with van der Waals surface area (Å²) in [5.41, 5.74) is 7.44. The first-order valence-corrected chi connectivity index (χ1v) is 8.33. The quantitative estimate of drug-likeness (QED) is 0.711. The van der Waals surface area contributed by atoms with Gasteiger partial charge in [-0.3, -0.25) is 4.79 Å². The van der Waals surface area contributed by atoms with E-state index in [-0.39, 0.29) is 5.82 Å². The second-order valence-corrected chi connectivity index (χ2v) is 6.33. The molecule has 3 N–H and O–H groups in total.